The summed E-state index contributed by atoms with van der Waals surface area (Å²) in [6.45, 7) is 0.228. The zero-order chi connectivity index (χ0) is 17.1. The van der Waals surface area contributed by atoms with Crippen molar-refractivity contribution in [3.8, 4) is 11.5 Å². The van der Waals surface area contributed by atoms with E-state index in [1.807, 2.05) is 36.4 Å². The monoisotopic (exact) mass is 354 g/mol. The fraction of sp³-hybridized carbons (Fsp3) is 0.118. The summed E-state index contributed by atoms with van der Waals surface area (Å²) in [7, 11) is 0. The number of carbonyl (C=O) groups is 1. The smallest absolute Gasteiger partial charge is 0.250 e. The topological polar surface area (TPSA) is 88.6 Å². The highest BCUT2D eigenvalue weighted by Crippen LogP contribution is 2.31. The molecular weight excluding hydrogens is 340 g/mol. The summed E-state index contributed by atoms with van der Waals surface area (Å²) in [4.78, 5) is 19.5. The van der Waals surface area contributed by atoms with Crippen molar-refractivity contribution in [1.29, 1.82) is 0 Å². The quantitative estimate of drug-likeness (QED) is 0.418. The second-order valence-corrected chi connectivity index (χ2v) is 6.22. The number of para-hydroxylation sites is 2. The number of ether oxygens (including phenoxy) is 2. The molecular formula is C17H14N4O3S. The molecule has 0 saturated carbocycles. The Bertz CT molecular complexity index is 921. The molecule has 7 nitrogen and oxygen atoms in total. The molecule has 0 unspecified atom stereocenters. The van der Waals surface area contributed by atoms with Gasteiger partial charge >= 0.3 is 0 Å². The summed E-state index contributed by atoms with van der Waals surface area (Å²) >= 11 is 1.33. The van der Waals surface area contributed by atoms with Gasteiger partial charge in [-0.15, -0.1) is 0 Å². The van der Waals surface area contributed by atoms with Crippen LogP contribution in [-0.4, -0.2) is 34.6 Å². The van der Waals surface area contributed by atoms with E-state index in [9.17, 15) is 4.79 Å². The zero-order valence-electron chi connectivity index (χ0n) is 13.1. The van der Waals surface area contributed by atoms with Crippen molar-refractivity contribution < 1.29 is 14.3 Å². The molecule has 1 aromatic heterocycles. The Kier molecular flexibility index (Phi) is 4.26. The van der Waals surface area contributed by atoms with Crippen LogP contribution in [0.2, 0.25) is 0 Å². The number of nitrogens with one attached hydrogen (secondary N) is 2. The number of hydrazone groups is 1. The maximum Gasteiger partial charge on any atom is 0.250 e. The summed E-state index contributed by atoms with van der Waals surface area (Å²) in [5.41, 5.74) is 5.14. The van der Waals surface area contributed by atoms with Gasteiger partial charge in [-0.25, -0.2) is 10.4 Å². The standard InChI is InChI=1S/C17H14N4O3S/c22-16(9-25-17-19-12-3-1-2-4-13(12)20-17)21-18-8-11-5-6-14-15(7-11)24-10-23-14/h1-8H,9-10H2,(H,19,20)(H,21,22)/b18-8-. The molecule has 1 amide bonds. The molecule has 0 radical (unpaired) electrons. The number of rotatable bonds is 5. The Balaban J connectivity index is 1.30. The van der Waals surface area contributed by atoms with Gasteiger partial charge in [0, 0.05) is 0 Å². The van der Waals surface area contributed by atoms with Crippen molar-refractivity contribution >= 4 is 34.9 Å². The summed E-state index contributed by atoms with van der Waals surface area (Å²) in [5.74, 6) is 1.40. The summed E-state index contributed by atoms with van der Waals surface area (Å²) in [6, 6.07) is 13.2. The van der Waals surface area contributed by atoms with Crippen molar-refractivity contribution in [2.75, 3.05) is 12.5 Å². The van der Waals surface area contributed by atoms with E-state index in [4.69, 9.17) is 9.47 Å². The number of benzene rings is 2. The number of H-pyrrole nitrogens is 1. The van der Waals surface area contributed by atoms with Crippen LogP contribution < -0.4 is 14.9 Å². The number of imidazole rings is 1. The number of carbonyl (C=O) groups excluding carboxylic acids is 1. The Morgan fingerprint density at radius 3 is 3.08 bits per heavy atom. The highest BCUT2D eigenvalue weighted by Gasteiger charge is 2.12. The summed E-state index contributed by atoms with van der Waals surface area (Å²) in [6.07, 6.45) is 1.56. The van der Waals surface area contributed by atoms with Crippen LogP contribution in [0.3, 0.4) is 0 Å². The molecule has 126 valence electrons. The normalized spacial score (nSPS) is 12.8. The van der Waals surface area contributed by atoms with E-state index in [-0.39, 0.29) is 18.5 Å². The lowest BCUT2D eigenvalue weighted by Crippen LogP contribution is -2.19. The lowest BCUT2D eigenvalue weighted by molar-refractivity contribution is -0.118. The van der Waals surface area contributed by atoms with Gasteiger partial charge in [0.2, 0.25) is 6.79 Å². The molecule has 0 aliphatic carbocycles. The van der Waals surface area contributed by atoms with Gasteiger partial charge in [-0.2, -0.15) is 5.10 Å². The molecule has 8 heteroatoms. The predicted octanol–water partition coefficient (Wildman–Crippen LogP) is 2.53. The zero-order valence-corrected chi connectivity index (χ0v) is 13.9. The van der Waals surface area contributed by atoms with Crippen molar-refractivity contribution in [2.45, 2.75) is 5.16 Å². The Labute approximate surface area is 147 Å². The second kappa shape index (κ2) is 6.86. The highest BCUT2D eigenvalue weighted by atomic mass is 32.2. The van der Waals surface area contributed by atoms with Crippen LogP contribution in [0.1, 0.15) is 5.56 Å². The summed E-state index contributed by atoms with van der Waals surface area (Å²) < 4.78 is 10.5. The Morgan fingerprint density at radius 1 is 1.28 bits per heavy atom. The molecule has 4 rings (SSSR count). The third kappa shape index (κ3) is 3.58. The van der Waals surface area contributed by atoms with Gasteiger partial charge in [0.15, 0.2) is 16.7 Å². The molecule has 0 fully saturated rings. The van der Waals surface area contributed by atoms with Crippen molar-refractivity contribution in [1.82, 2.24) is 15.4 Å². The number of amides is 1. The van der Waals surface area contributed by atoms with E-state index in [2.05, 4.69) is 20.5 Å². The first-order valence-corrected chi connectivity index (χ1v) is 8.55. The highest BCUT2D eigenvalue weighted by molar-refractivity contribution is 7.99. The number of thioether (sulfide) groups is 1. The van der Waals surface area contributed by atoms with Gasteiger partial charge in [-0.05, 0) is 35.9 Å². The molecule has 0 saturated heterocycles. The van der Waals surface area contributed by atoms with Crippen LogP contribution >= 0.6 is 11.8 Å². The van der Waals surface area contributed by atoms with E-state index in [1.165, 1.54) is 11.8 Å². The first-order valence-electron chi connectivity index (χ1n) is 7.57. The van der Waals surface area contributed by atoms with Crippen LogP contribution in [0.4, 0.5) is 0 Å². The number of nitrogens with zero attached hydrogens (tertiary/aromatic N) is 2. The first kappa shape index (κ1) is 15.5. The van der Waals surface area contributed by atoms with Gasteiger partial charge in [0.25, 0.3) is 5.91 Å². The summed E-state index contributed by atoms with van der Waals surface area (Å²) in [5, 5.41) is 4.66. The van der Waals surface area contributed by atoms with E-state index < -0.39 is 0 Å². The van der Waals surface area contributed by atoms with Gasteiger partial charge in [0.1, 0.15) is 0 Å². The van der Waals surface area contributed by atoms with Crippen LogP contribution in [0.5, 0.6) is 11.5 Å². The van der Waals surface area contributed by atoms with E-state index >= 15 is 0 Å². The lowest BCUT2D eigenvalue weighted by Gasteiger charge is -1.99. The minimum absolute atomic E-state index is 0.206. The molecule has 2 heterocycles. The fourth-order valence-electron chi connectivity index (χ4n) is 2.34. The van der Waals surface area contributed by atoms with Crippen molar-refractivity contribution in [3.05, 3.63) is 48.0 Å². The lowest BCUT2D eigenvalue weighted by atomic mass is 10.2. The van der Waals surface area contributed by atoms with Gasteiger partial charge in [-0.3, -0.25) is 4.79 Å². The SMILES string of the molecule is O=C(CSc1nc2ccccc2[nH]1)N/N=C\c1ccc2c(c1)OCO2. The molecule has 0 bridgehead atoms. The van der Waals surface area contributed by atoms with Gasteiger partial charge in [-0.1, -0.05) is 23.9 Å². The molecule has 1 aliphatic heterocycles. The van der Waals surface area contributed by atoms with Crippen molar-refractivity contribution in [3.63, 3.8) is 0 Å². The molecule has 2 N–H and O–H groups in total. The average molecular weight is 354 g/mol. The Hall–Kier alpha value is -3.00. The largest absolute Gasteiger partial charge is 0.454 e. The minimum atomic E-state index is -0.206. The number of hydrogen-bond donors (Lipinski definition) is 2. The Morgan fingerprint density at radius 2 is 2.16 bits per heavy atom. The molecule has 25 heavy (non-hydrogen) atoms. The van der Waals surface area contributed by atoms with E-state index in [1.54, 1.807) is 12.3 Å². The average Bonchev–Trinajstić information content (AvgIpc) is 3.25. The van der Waals surface area contributed by atoms with Crippen LogP contribution in [0, 0.1) is 0 Å². The maximum atomic E-state index is 11.9. The van der Waals surface area contributed by atoms with E-state index in [0.29, 0.717) is 16.7 Å². The fourth-order valence-corrected chi connectivity index (χ4v) is 3.01. The second-order valence-electron chi connectivity index (χ2n) is 5.25. The van der Waals surface area contributed by atoms with Gasteiger partial charge < -0.3 is 14.5 Å². The number of aromatic nitrogens is 2. The predicted molar refractivity (Wildman–Crippen MR) is 95.1 cm³/mol. The molecule has 3 aromatic rings. The number of fused-ring (bicyclic) bond motifs is 2. The molecule has 0 spiro atoms. The van der Waals surface area contributed by atoms with Crippen LogP contribution in [0.15, 0.2) is 52.7 Å². The maximum absolute atomic E-state index is 11.9. The van der Waals surface area contributed by atoms with E-state index in [0.717, 1.165) is 16.6 Å². The molecule has 2 aromatic carbocycles. The number of aromatic amines is 1. The van der Waals surface area contributed by atoms with Gasteiger partial charge in [0.05, 0.1) is 23.0 Å². The van der Waals surface area contributed by atoms with Crippen LogP contribution in [0.25, 0.3) is 11.0 Å². The first-order chi connectivity index (χ1) is 12.3. The molecule has 0 atom stereocenters. The third-order valence-electron chi connectivity index (χ3n) is 3.51. The van der Waals surface area contributed by atoms with Crippen LogP contribution in [-0.2, 0) is 4.79 Å². The molecule has 1 aliphatic rings. The minimum Gasteiger partial charge on any atom is -0.454 e. The number of hydrogen-bond acceptors (Lipinski definition) is 6. The third-order valence-corrected chi connectivity index (χ3v) is 4.38. The van der Waals surface area contributed by atoms with Crippen molar-refractivity contribution in [2.24, 2.45) is 5.10 Å².